The largest absolute Gasteiger partial charge is 0.493 e. The minimum atomic E-state index is -0.272. The SMILES string of the molecule is COc1cc(/C=N\NC(=O)c2ccccc2C)cc(Cl)c1OC. The summed E-state index contributed by atoms with van der Waals surface area (Å²) in [5.41, 5.74) is 4.63. The Morgan fingerprint density at radius 1 is 1.22 bits per heavy atom. The van der Waals surface area contributed by atoms with Gasteiger partial charge in [0.25, 0.3) is 5.91 Å². The van der Waals surface area contributed by atoms with Gasteiger partial charge in [0, 0.05) is 5.56 Å². The molecule has 0 radical (unpaired) electrons. The van der Waals surface area contributed by atoms with Crippen molar-refractivity contribution in [3.05, 3.63) is 58.1 Å². The predicted octanol–water partition coefficient (Wildman–Crippen LogP) is 3.43. The van der Waals surface area contributed by atoms with Gasteiger partial charge in [-0.3, -0.25) is 4.79 Å². The lowest BCUT2D eigenvalue weighted by Crippen LogP contribution is -2.18. The molecule has 6 heteroatoms. The van der Waals surface area contributed by atoms with Gasteiger partial charge >= 0.3 is 0 Å². The second-order valence-electron chi connectivity index (χ2n) is 4.75. The van der Waals surface area contributed by atoms with Crippen molar-refractivity contribution < 1.29 is 14.3 Å². The zero-order valence-electron chi connectivity index (χ0n) is 13.1. The summed E-state index contributed by atoms with van der Waals surface area (Å²) in [5, 5.41) is 4.35. The van der Waals surface area contributed by atoms with Crippen molar-refractivity contribution in [3.8, 4) is 11.5 Å². The van der Waals surface area contributed by atoms with Crippen LogP contribution < -0.4 is 14.9 Å². The molecule has 0 unspecified atom stereocenters. The van der Waals surface area contributed by atoms with E-state index < -0.39 is 0 Å². The van der Waals surface area contributed by atoms with Gasteiger partial charge in [-0.05, 0) is 36.2 Å². The number of amides is 1. The Morgan fingerprint density at radius 2 is 1.96 bits per heavy atom. The number of aryl methyl sites for hydroxylation is 1. The van der Waals surface area contributed by atoms with E-state index in [0.29, 0.717) is 27.6 Å². The van der Waals surface area contributed by atoms with Gasteiger partial charge in [-0.15, -0.1) is 0 Å². The number of carbonyl (C=O) groups excluding carboxylic acids is 1. The number of ether oxygens (including phenoxy) is 2. The first-order valence-corrected chi connectivity index (χ1v) is 7.25. The molecule has 0 heterocycles. The molecule has 2 aromatic carbocycles. The van der Waals surface area contributed by atoms with Gasteiger partial charge in [0.05, 0.1) is 25.5 Å². The van der Waals surface area contributed by atoms with E-state index in [2.05, 4.69) is 10.5 Å². The highest BCUT2D eigenvalue weighted by Gasteiger charge is 2.10. The number of nitrogens with one attached hydrogen (secondary N) is 1. The molecule has 0 fully saturated rings. The molecule has 1 N–H and O–H groups in total. The van der Waals surface area contributed by atoms with Crippen LogP contribution in [0.15, 0.2) is 41.5 Å². The second-order valence-corrected chi connectivity index (χ2v) is 5.16. The third kappa shape index (κ3) is 4.02. The van der Waals surface area contributed by atoms with Gasteiger partial charge in [0.2, 0.25) is 0 Å². The summed E-state index contributed by atoms with van der Waals surface area (Å²) in [5.74, 6) is 0.674. The highest BCUT2D eigenvalue weighted by Crippen LogP contribution is 2.35. The van der Waals surface area contributed by atoms with Crippen LogP contribution in [0.2, 0.25) is 5.02 Å². The second kappa shape index (κ2) is 7.65. The van der Waals surface area contributed by atoms with E-state index in [-0.39, 0.29) is 5.91 Å². The molecule has 23 heavy (non-hydrogen) atoms. The number of nitrogens with zero attached hydrogens (tertiary/aromatic N) is 1. The smallest absolute Gasteiger partial charge is 0.271 e. The number of hydrogen-bond donors (Lipinski definition) is 1. The summed E-state index contributed by atoms with van der Waals surface area (Å²) >= 11 is 6.12. The first-order valence-electron chi connectivity index (χ1n) is 6.87. The molecule has 0 aromatic heterocycles. The molecule has 0 aliphatic rings. The third-order valence-corrected chi connectivity index (χ3v) is 3.51. The molecular weight excluding hydrogens is 316 g/mol. The molecule has 1 amide bonds. The Labute approximate surface area is 139 Å². The van der Waals surface area contributed by atoms with Gasteiger partial charge < -0.3 is 9.47 Å². The quantitative estimate of drug-likeness (QED) is 0.674. The Hall–Kier alpha value is -2.53. The minimum Gasteiger partial charge on any atom is -0.493 e. The molecule has 0 saturated heterocycles. The fourth-order valence-electron chi connectivity index (χ4n) is 2.07. The maximum Gasteiger partial charge on any atom is 0.271 e. The Bertz CT molecular complexity index is 745. The maximum atomic E-state index is 12.1. The van der Waals surface area contributed by atoms with E-state index in [1.807, 2.05) is 19.1 Å². The van der Waals surface area contributed by atoms with Gasteiger partial charge in [-0.1, -0.05) is 29.8 Å². The van der Waals surface area contributed by atoms with Crippen LogP contribution in [-0.4, -0.2) is 26.3 Å². The van der Waals surface area contributed by atoms with Crippen molar-refractivity contribution in [1.29, 1.82) is 0 Å². The van der Waals surface area contributed by atoms with Crippen molar-refractivity contribution in [2.75, 3.05) is 14.2 Å². The fourth-order valence-corrected chi connectivity index (χ4v) is 2.36. The topological polar surface area (TPSA) is 59.9 Å². The normalized spacial score (nSPS) is 10.6. The lowest BCUT2D eigenvalue weighted by Gasteiger charge is -2.10. The highest BCUT2D eigenvalue weighted by atomic mass is 35.5. The van der Waals surface area contributed by atoms with Gasteiger partial charge in [0.1, 0.15) is 0 Å². The summed E-state index contributed by atoms with van der Waals surface area (Å²) in [6.45, 7) is 1.87. The molecule has 5 nitrogen and oxygen atoms in total. The number of halogens is 1. The van der Waals surface area contributed by atoms with Crippen LogP contribution in [0.3, 0.4) is 0 Å². The van der Waals surface area contributed by atoms with E-state index >= 15 is 0 Å². The predicted molar refractivity (Wildman–Crippen MR) is 90.8 cm³/mol. The van der Waals surface area contributed by atoms with Crippen molar-refractivity contribution in [3.63, 3.8) is 0 Å². The molecule has 0 saturated carbocycles. The van der Waals surface area contributed by atoms with E-state index in [1.54, 1.807) is 24.3 Å². The van der Waals surface area contributed by atoms with Crippen LogP contribution in [0.4, 0.5) is 0 Å². The van der Waals surface area contributed by atoms with Crippen molar-refractivity contribution in [2.24, 2.45) is 5.10 Å². The monoisotopic (exact) mass is 332 g/mol. The first-order chi connectivity index (χ1) is 11.1. The van der Waals surface area contributed by atoms with Crippen molar-refractivity contribution in [1.82, 2.24) is 5.43 Å². The maximum absolute atomic E-state index is 12.1. The summed E-state index contributed by atoms with van der Waals surface area (Å²) in [6, 6.07) is 10.7. The fraction of sp³-hybridized carbons (Fsp3) is 0.176. The van der Waals surface area contributed by atoms with Gasteiger partial charge in [-0.2, -0.15) is 5.10 Å². The molecule has 0 aliphatic carbocycles. The highest BCUT2D eigenvalue weighted by molar-refractivity contribution is 6.32. The number of carbonyl (C=O) groups is 1. The van der Waals surface area contributed by atoms with Crippen LogP contribution in [0.1, 0.15) is 21.5 Å². The Morgan fingerprint density at radius 3 is 2.61 bits per heavy atom. The Balaban J connectivity index is 2.13. The molecule has 0 spiro atoms. The van der Waals surface area contributed by atoms with Crippen LogP contribution in [0.25, 0.3) is 0 Å². The number of rotatable bonds is 5. The lowest BCUT2D eigenvalue weighted by molar-refractivity contribution is 0.0954. The van der Waals surface area contributed by atoms with Crippen LogP contribution >= 0.6 is 11.6 Å². The molecule has 2 rings (SSSR count). The Kier molecular flexibility index (Phi) is 5.60. The van der Waals surface area contributed by atoms with E-state index in [0.717, 1.165) is 5.56 Å². The summed E-state index contributed by atoms with van der Waals surface area (Å²) in [7, 11) is 3.04. The molecule has 0 bridgehead atoms. The third-order valence-electron chi connectivity index (χ3n) is 3.23. The molecule has 2 aromatic rings. The number of methoxy groups -OCH3 is 2. The standard InChI is InChI=1S/C17H17ClN2O3/c1-11-6-4-5-7-13(11)17(21)20-19-10-12-8-14(18)16(23-3)15(9-12)22-2/h4-10H,1-3H3,(H,20,21)/b19-10-. The molecule has 0 atom stereocenters. The lowest BCUT2D eigenvalue weighted by atomic mass is 10.1. The number of hydrogen-bond acceptors (Lipinski definition) is 4. The number of benzene rings is 2. The average Bonchev–Trinajstić information content (AvgIpc) is 2.54. The molecule has 120 valence electrons. The zero-order valence-corrected chi connectivity index (χ0v) is 13.8. The van der Waals surface area contributed by atoms with Crippen molar-refractivity contribution in [2.45, 2.75) is 6.92 Å². The van der Waals surface area contributed by atoms with Gasteiger partial charge in [-0.25, -0.2) is 5.43 Å². The van der Waals surface area contributed by atoms with Crippen molar-refractivity contribution >= 4 is 23.7 Å². The summed E-state index contributed by atoms with van der Waals surface area (Å²) in [6.07, 6.45) is 1.49. The molecular formula is C17H17ClN2O3. The zero-order chi connectivity index (χ0) is 16.8. The number of hydrazone groups is 1. The van der Waals surface area contributed by atoms with E-state index in [4.69, 9.17) is 21.1 Å². The van der Waals surface area contributed by atoms with Gasteiger partial charge in [0.15, 0.2) is 11.5 Å². The summed E-state index contributed by atoms with van der Waals surface area (Å²) in [4.78, 5) is 12.1. The van der Waals surface area contributed by atoms with Crippen LogP contribution in [0, 0.1) is 6.92 Å². The molecule has 0 aliphatic heterocycles. The van der Waals surface area contributed by atoms with E-state index in [1.165, 1.54) is 20.4 Å². The summed E-state index contributed by atoms with van der Waals surface area (Å²) < 4.78 is 10.4. The minimum absolute atomic E-state index is 0.272. The van der Waals surface area contributed by atoms with Crippen LogP contribution in [-0.2, 0) is 0 Å². The average molecular weight is 333 g/mol. The van der Waals surface area contributed by atoms with Crippen LogP contribution in [0.5, 0.6) is 11.5 Å². The first kappa shape index (κ1) is 16.8. The van der Waals surface area contributed by atoms with E-state index in [9.17, 15) is 4.79 Å².